The molecule has 0 spiro atoms. The molecule has 1 amide bonds. The van der Waals surface area contributed by atoms with Gasteiger partial charge in [0.05, 0.1) is 10.0 Å². The second-order valence-electron chi connectivity index (χ2n) is 5.33. The Balaban J connectivity index is 1.90. The van der Waals surface area contributed by atoms with Gasteiger partial charge in [-0.25, -0.2) is 4.98 Å². The number of anilines is 1. The zero-order valence-corrected chi connectivity index (χ0v) is 16.4. The fourth-order valence-electron chi connectivity index (χ4n) is 2.23. The maximum atomic E-state index is 12.9. The van der Waals surface area contributed by atoms with Crippen molar-refractivity contribution in [3.8, 4) is 0 Å². The van der Waals surface area contributed by atoms with Crippen molar-refractivity contribution in [2.75, 3.05) is 5.32 Å². The zero-order chi connectivity index (χ0) is 18.5. The van der Waals surface area contributed by atoms with Crippen molar-refractivity contribution in [3.05, 3.63) is 87.5 Å². The number of pyridine rings is 1. The van der Waals surface area contributed by atoms with E-state index in [9.17, 15) is 4.79 Å². The highest BCUT2D eigenvalue weighted by Crippen LogP contribution is 2.38. The molecule has 2 aromatic carbocycles. The predicted octanol–water partition coefficient (Wildman–Crippen LogP) is 6.51. The summed E-state index contributed by atoms with van der Waals surface area (Å²) >= 11 is 19.5. The maximum Gasteiger partial charge on any atom is 0.243 e. The molecule has 0 fully saturated rings. The van der Waals surface area contributed by atoms with Crippen LogP contribution in [-0.2, 0) is 4.79 Å². The van der Waals surface area contributed by atoms with Crippen LogP contribution in [0, 0.1) is 0 Å². The lowest BCUT2D eigenvalue weighted by Gasteiger charge is -2.17. The average molecular weight is 424 g/mol. The lowest BCUT2D eigenvalue weighted by molar-refractivity contribution is -0.115. The summed E-state index contributed by atoms with van der Waals surface area (Å²) in [5, 5.41) is 3.78. The van der Waals surface area contributed by atoms with E-state index in [2.05, 4.69) is 10.3 Å². The Hall–Kier alpha value is -1.72. The summed E-state index contributed by atoms with van der Waals surface area (Å²) in [4.78, 5) is 18.0. The third-order valence-corrected chi connectivity index (χ3v) is 5.73. The third kappa shape index (κ3) is 4.92. The number of aromatic nitrogens is 1. The number of hydrogen-bond acceptors (Lipinski definition) is 3. The fourth-order valence-corrected chi connectivity index (χ4v) is 3.67. The van der Waals surface area contributed by atoms with E-state index in [0.29, 0.717) is 20.9 Å². The molecule has 1 aromatic heterocycles. The van der Waals surface area contributed by atoms with Gasteiger partial charge in [-0.05, 0) is 54.1 Å². The van der Waals surface area contributed by atoms with Gasteiger partial charge in [-0.15, -0.1) is 11.8 Å². The lowest BCUT2D eigenvalue weighted by Crippen LogP contribution is -2.19. The number of thioether (sulfide) groups is 1. The number of benzene rings is 2. The number of nitrogens with zero attached hydrogens (tertiary/aromatic N) is 1. The highest BCUT2D eigenvalue weighted by Gasteiger charge is 2.23. The van der Waals surface area contributed by atoms with Crippen LogP contribution in [0.4, 0.5) is 5.82 Å². The van der Waals surface area contributed by atoms with Crippen LogP contribution in [0.1, 0.15) is 10.8 Å². The summed E-state index contributed by atoms with van der Waals surface area (Å²) < 4.78 is 0. The number of rotatable bonds is 5. The Morgan fingerprint density at radius 3 is 2.38 bits per heavy atom. The van der Waals surface area contributed by atoms with Crippen LogP contribution >= 0.6 is 46.6 Å². The second-order valence-corrected chi connectivity index (χ2v) is 7.76. The molecule has 0 aliphatic rings. The Kier molecular flexibility index (Phi) is 6.43. The van der Waals surface area contributed by atoms with Crippen LogP contribution < -0.4 is 5.32 Å². The molecule has 26 heavy (non-hydrogen) atoms. The van der Waals surface area contributed by atoms with E-state index in [-0.39, 0.29) is 5.91 Å². The average Bonchev–Trinajstić information content (AvgIpc) is 2.64. The van der Waals surface area contributed by atoms with Crippen molar-refractivity contribution in [2.24, 2.45) is 0 Å². The largest absolute Gasteiger partial charge is 0.309 e. The Labute approximate surface area is 170 Å². The van der Waals surface area contributed by atoms with Gasteiger partial charge in [-0.1, -0.05) is 46.9 Å². The molecule has 0 aliphatic heterocycles. The number of carbonyl (C=O) groups is 1. The number of amides is 1. The minimum Gasteiger partial charge on any atom is -0.309 e. The molecule has 0 bridgehead atoms. The van der Waals surface area contributed by atoms with Crippen molar-refractivity contribution in [3.63, 3.8) is 0 Å². The quantitative estimate of drug-likeness (QED) is 0.475. The van der Waals surface area contributed by atoms with Crippen molar-refractivity contribution in [2.45, 2.75) is 10.1 Å². The van der Waals surface area contributed by atoms with Gasteiger partial charge in [-0.3, -0.25) is 4.79 Å². The summed E-state index contributed by atoms with van der Waals surface area (Å²) in [6.07, 6.45) is 1.62. The molecule has 0 radical (unpaired) electrons. The van der Waals surface area contributed by atoms with E-state index in [0.717, 1.165) is 10.5 Å². The van der Waals surface area contributed by atoms with Gasteiger partial charge in [-0.2, -0.15) is 0 Å². The molecule has 3 rings (SSSR count). The van der Waals surface area contributed by atoms with E-state index in [1.165, 1.54) is 11.8 Å². The van der Waals surface area contributed by atoms with Gasteiger partial charge in [0.2, 0.25) is 5.91 Å². The molecule has 1 N–H and O–H groups in total. The van der Waals surface area contributed by atoms with Gasteiger partial charge in [0.1, 0.15) is 11.1 Å². The molecule has 0 saturated carbocycles. The van der Waals surface area contributed by atoms with Gasteiger partial charge < -0.3 is 5.32 Å². The standard InChI is InChI=1S/C19H13Cl3N2OS/c20-13-5-7-14(8-6-13)26-18(12-4-9-15(21)16(22)11-12)19(25)24-17-3-1-2-10-23-17/h1-11,18H,(H,23,24,25). The molecule has 1 heterocycles. The summed E-state index contributed by atoms with van der Waals surface area (Å²) in [7, 11) is 0. The normalized spacial score (nSPS) is 11.8. The zero-order valence-electron chi connectivity index (χ0n) is 13.3. The maximum absolute atomic E-state index is 12.9. The number of carbonyl (C=O) groups excluding carboxylic acids is 1. The first kappa shape index (κ1) is 19.1. The topological polar surface area (TPSA) is 42.0 Å². The highest BCUT2D eigenvalue weighted by atomic mass is 35.5. The van der Waals surface area contributed by atoms with Crippen LogP contribution in [0.5, 0.6) is 0 Å². The molecule has 3 nitrogen and oxygen atoms in total. The Morgan fingerprint density at radius 1 is 0.962 bits per heavy atom. The molecule has 132 valence electrons. The van der Waals surface area contributed by atoms with Crippen LogP contribution in [0.15, 0.2) is 71.8 Å². The summed E-state index contributed by atoms with van der Waals surface area (Å²) in [6, 6.07) is 17.8. The second kappa shape index (κ2) is 8.78. The fraction of sp³-hybridized carbons (Fsp3) is 0.0526. The van der Waals surface area contributed by atoms with Crippen LogP contribution in [0.25, 0.3) is 0 Å². The van der Waals surface area contributed by atoms with Crippen LogP contribution in [-0.4, -0.2) is 10.9 Å². The minimum atomic E-state index is -0.534. The van der Waals surface area contributed by atoms with E-state index < -0.39 is 5.25 Å². The van der Waals surface area contributed by atoms with E-state index >= 15 is 0 Å². The monoisotopic (exact) mass is 422 g/mol. The highest BCUT2D eigenvalue weighted by molar-refractivity contribution is 8.00. The van der Waals surface area contributed by atoms with Crippen LogP contribution in [0.2, 0.25) is 15.1 Å². The summed E-state index contributed by atoms with van der Waals surface area (Å²) in [5.41, 5.74) is 0.743. The third-order valence-electron chi connectivity index (χ3n) is 3.47. The van der Waals surface area contributed by atoms with Gasteiger partial charge in [0.25, 0.3) is 0 Å². The summed E-state index contributed by atoms with van der Waals surface area (Å²) in [5.74, 6) is 0.279. The molecule has 0 saturated heterocycles. The molecular weight excluding hydrogens is 411 g/mol. The molecule has 1 atom stereocenters. The number of nitrogens with one attached hydrogen (secondary N) is 1. The minimum absolute atomic E-state index is 0.206. The van der Waals surface area contributed by atoms with Gasteiger partial charge in [0.15, 0.2) is 0 Å². The first-order valence-corrected chi connectivity index (χ1v) is 9.63. The molecule has 0 aliphatic carbocycles. The van der Waals surface area contributed by atoms with Crippen molar-refractivity contribution in [1.29, 1.82) is 0 Å². The Morgan fingerprint density at radius 2 is 1.73 bits per heavy atom. The first-order valence-electron chi connectivity index (χ1n) is 7.62. The molecule has 7 heteroatoms. The van der Waals surface area contributed by atoms with Crippen LogP contribution in [0.3, 0.4) is 0 Å². The number of hydrogen-bond donors (Lipinski definition) is 1. The van der Waals surface area contributed by atoms with Crippen molar-refractivity contribution < 1.29 is 4.79 Å². The smallest absolute Gasteiger partial charge is 0.243 e. The Bertz CT molecular complexity index is 904. The van der Waals surface area contributed by atoms with Gasteiger partial charge >= 0.3 is 0 Å². The SMILES string of the molecule is O=C(Nc1ccccn1)C(Sc1ccc(Cl)cc1)c1ccc(Cl)c(Cl)c1. The van der Waals surface area contributed by atoms with Gasteiger partial charge in [0, 0.05) is 16.1 Å². The first-order chi connectivity index (χ1) is 12.5. The molecule has 3 aromatic rings. The summed E-state index contributed by atoms with van der Waals surface area (Å²) in [6.45, 7) is 0. The van der Waals surface area contributed by atoms with E-state index in [1.807, 2.05) is 18.2 Å². The van der Waals surface area contributed by atoms with E-state index in [1.54, 1.807) is 48.7 Å². The van der Waals surface area contributed by atoms with Crippen molar-refractivity contribution in [1.82, 2.24) is 4.98 Å². The lowest BCUT2D eigenvalue weighted by atomic mass is 10.1. The predicted molar refractivity (Wildman–Crippen MR) is 109 cm³/mol. The molecule has 1 unspecified atom stereocenters. The van der Waals surface area contributed by atoms with E-state index in [4.69, 9.17) is 34.8 Å². The molecular formula is C19H13Cl3N2OS. The number of halogens is 3. The van der Waals surface area contributed by atoms with Crippen molar-refractivity contribution >= 4 is 58.3 Å².